The van der Waals surface area contributed by atoms with Crippen LogP contribution in [0.4, 0.5) is 0 Å². The lowest BCUT2D eigenvalue weighted by Crippen LogP contribution is -2.17. The van der Waals surface area contributed by atoms with E-state index in [1.165, 1.54) is 0 Å². The van der Waals surface area contributed by atoms with Gasteiger partial charge in [0.25, 0.3) is 5.91 Å². The first-order valence-corrected chi connectivity index (χ1v) is 9.48. The van der Waals surface area contributed by atoms with Gasteiger partial charge in [-0.2, -0.15) is 10.2 Å². The van der Waals surface area contributed by atoms with Crippen molar-refractivity contribution in [1.29, 1.82) is 0 Å². The minimum atomic E-state index is -0.395. The molecule has 0 saturated carbocycles. The molecule has 0 spiro atoms. The summed E-state index contributed by atoms with van der Waals surface area (Å²) < 4.78 is 16.1. The first kappa shape index (κ1) is 20.9. The smallest absolute Gasteiger partial charge is 0.289 e. The number of amides is 1. The number of rotatable bonds is 9. The summed E-state index contributed by atoms with van der Waals surface area (Å²) >= 11 is 0. The second-order valence-corrected chi connectivity index (χ2v) is 6.35. The third-order valence-electron chi connectivity index (χ3n) is 4.23. The Balaban J connectivity index is 1.62. The molecule has 0 radical (unpaired) electrons. The van der Waals surface area contributed by atoms with Crippen molar-refractivity contribution in [1.82, 2.24) is 15.6 Å². The zero-order chi connectivity index (χ0) is 21.3. The molecule has 0 fully saturated rings. The van der Waals surface area contributed by atoms with Crippen molar-refractivity contribution in [2.75, 3.05) is 20.8 Å². The van der Waals surface area contributed by atoms with E-state index < -0.39 is 5.91 Å². The van der Waals surface area contributed by atoms with E-state index in [2.05, 4.69) is 27.6 Å². The molecule has 1 aromatic heterocycles. The Morgan fingerprint density at radius 3 is 2.57 bits per heavy atom. The average Bonchev–Trinajstić information content (AvgIpc) is 3.28. The quantitative estimate of drug-likeness (QED) is 0.416. The van der Waals surface area contributed by atoms with Gasteiger partial charge in [0, 0.05) is 5.56 Å². The molecule has 0 aliphatic carbocycles. The molecule has 3 rings (SSSR count). The van der Waals surface area contributed by atoms with E-state index in [1.54, 1.807) is 38.6 Å². The van der Waals surface area contributed by atoms with Crippen LogP contribution in [0.25, 0.3) is 11.3 Å². The number of hydrogen-bond donors (Lipinski definition) is 2. The number of nitrogens with one attached hydrogen (secondary N) is 2. The molecule has 0 aliphatic heterocycles. The minimum Gasteiger partial charge on any atom is -0.494 e. The number of benzene rings is 2. The number of methoxy groups -OCH3 is 2. The largest absolute Gasteiger partial charge is 0.494 e. The number of hydrogen-bond acceptors (Lipinski definition) is 6. The van der Waals surface area contributed by atoms with Crippen molar-refractivity contribution in [3.8, 4) is 28.5 Å². The van der Waals surface area contributed by atoms with Crippen LogP contribution in [0.2, 0.25) is 0 Å². The number of H-pyrrole nitrogens is 1. The molecule has 2 aromatic carbocycles. The Kier molecular flexibility index (Phi) is 7.05. The van der Waals surface area contributed by atoms with Crippen LogP contribution in [0.15, 0.2) is 53.6 Å². The number of ether oxygens (including phenoxy) is 3. The first-order chi connectivity index (χ1) is 14.6. The summed E-state index contributed by atoms with van der Waals surface area (Å²) in [4.78, 5) is 12.3. The van der Waals surface area contributed by atoms with Gasteiger partial charge in [0.15, 0.2) is 11.5 Å². The second-order valence-electron chi connectivity index (χ2n) is 6.35. The molecule has 8 nitrogen and oxygen atoms in total. The van der Waals surface area contributed by atoms with E-state index in [0.29, 0.717) is 29.5 Å². The molecule has 2 N–H and O–H groups in total. The molecule has 8 heteroatoms. The lowest BCUT2D eigenvalue weighted by Gasteiger charge is -2.08. The lowest BCUT2D eigenvalue weighted by atomic mass is 10.1. The Labute approximate surface area is 174 Å². The summed E-state index contributed by atoms with van der Waals surface area (Å²) in [6.07, 6.45) is 2.52. The maximum Gasteiger partial charge on any atom is 0.289 e. The van der Waals surface area contributed by atoms with E-state index in [1.807, 2.05) is 30.3 Å². The van der Waals surface area contributed by atoms with Gasteiger partial charge in [0.1, 0.15) is 11.4 Å². The molecular weight excluding hydrogens is 384 g/mol. The zero-order valence-electron chi connectivity index (χ0n) is 17.1. The maximum atomic E-state index is 12.3. The van der Waals surface area contributed by atoms with Crippen molar-refractivity contribution in [3.05, 3.63) is 59.8 Å². The van der Waals surface area contributed by atoms with Gasteiger partial charge in [-0.1, -0.05) is 6.92 Å². The molecule has 0 bridgehead atoms. The van der Waals surface area contributed by atoms with E-state index >= 15 is 0 Å². The standard InChI is InChI=1S/C22H24N4O4/c1-4-11-30-17-8-5-15(6-9-17)14-23-26-22(27)19-13-18(24-25-19)16-7-10-20(28-2)21(12-16)29-3/h5-10,12-14H,4,11H2,1-3H3,(H,24,25)(H,26,27)/b23-14-. The highest BCUT2D eigenvalue weighted by Gasteiger charge is 2.12. The van der Waals surface area contributed by atoms with Crippen LogP contribution >= 0.6 is 0 Å². The highest BCUT2D eigenvalue weighted by atomic mass is 16.5. The van der Waals surface area contributed by atoms with Crippen molar-refractivity contribution in [3.63, 3.8) is 0 Å². The van der Waals surface area contributed by atoms with Gasteiger partial charge in [-0.3, -0.25) is 9.89 Å². The zero-order valence-corrected chi connectivity index (χ0v) is 17.1. The van der Waals surface area contributed by atoms with E-state index in [0.717, 1.165) is 23.3 Å². The van der Waals surface area contributed by atoms with Gasteiger partial charge >= 0.3 is 0 Å². The van der Waals surface area contributed by atoms with Crippen molar-refractivity contribution in [2.45, 2.75) is 13.3 Å². The van der Waals surface area contributed by atoms with Crippen molar-refractivity contribution < 1.29 is 19.0 Å². The topological polar surface area (TPSA) is 97.8 Å². The summed E-state index contributed by atoms with van der Waals surface area (Å²) in [5.41, 5.74) is 5.01. The fourth-order valence-electron chi connectivity index (χ4n) is 2.68. The molecule has 156 valence electrons. The van der Waals surface area contributed by atoms with Gasteiger partial charge in [-0.15, -0.1) is 0 Å². The summed E-state index contributed by atoms with van der Waals surface area (Å²) in [7, 11) is 3.14. The Hall–Kier alpha value is -3.81. The number of aromatic nitrogens is 2. The molecule has 0 saturated heterocycles. The highest BCUT2D eigenvalue weighted by Crippen LogP contribution is 2.31. The normalized spacial score (nSPS) is 10.8. The van der Waals surface area contributed by atoms with Crippen LogP contribution in [-0.2, 0) is 0 Å². The minimum absolute atomic E-state index is 0.292. The third kappa shape index (κ3) is 5.16. The van der Waals surface area contributed by atoms with Crippen LogP contribution in [0.5, 0.6) is 17.2 Å². The summed E-state index contributed by atoms with van der Waals surface area (Å²) in [6.45, 7) is 2.74. The van der Waals surface area contributed by atoms with Crippen LogP contribution in [-0.4, -0.2) is 43.1 Å². The van der Waals surface area contributed by atoms with E-state index in [9.17, 15) is 4.79 Å². The molecule has 1 amide bonds. The summed E-state index contributed by atoms with van der Waals surface area (Å²) in [5.74, 6) is 1.61. The molecule has 1 heterocycles. The van der Waals surface area contributed by atoms with Crippen molar-refractivity contribution >= 4 is 12.1 Å². The fraction of sp³-hybridized carbons (Fsp3) is 0.227. The maximum absolute atomic E-state index is 12.3. The Bertz CT molecular complexity index is 1010. The Morgan fingerprint density at radius 1 is 1.10 bits per heavy atom. The van der Waals surface area contributed by atoms with Crippen LogP contribution in [0.1, 0.15) is 29.4 Å². The number of hydrazone groups is 1. The molecule has 0 aliphatic rings. The average molecular weight is 408 g/mol. The number of carbonyl (C=O) groups excluding carboxylic acids is 1. The van der Waals surface area contributed by atoms with Crippen LogP contribution in [0.3, 0.4) is 0 Å². The molecule has 30 heavy (non-hydrogen) atoms. The van der Waals surface area contributed by atoms with Gasteiger partial charge in [-0.05, 0) is 60.5 Å². The predicted molar refractivity (Wildman–Crippen MR) is 114 cm³/mol. The summed E-state index contributed by atoms with van der Waals surface area (Å²) in [5, 5.41) is 10.9. The molecule has 3 aromatic rings. The van der Waals surface area contributed by atoms with E-state index in [-0.39, 0.29) is 0 Å². The van der Waals surface area contributed by atoms with Crippen molar-refractivity contribution in [2.24, 2.45) is 5.10 Å². The fourth-order valence-corrected chi connectivity index (χ4v) is 2.68. The third-order valence-corrected chi connectivity index (χ3v) is 4.23. The molecule has 0 unspecified atom stereocenters. The SMILES string of the molecule is CCCOc1ccc(/C=N\NC(=O)c2cc(-c3ccc(OC)c(OC)c3)n[nH]2)cc1. The van der Waals surface area contributed by atoms with Crippen LogP contribution < -0.4 is 19.6 Å². The monoisotopic (exact) mass is 408 g/mol. The number of aromatic amines is 1. The summed E-state index contributed by atoms with van der Waals surface area (Å²) in [6, 6.07) is 14.5. The Morgan fingerprint density at radius 2 is 1.87 bits per heavy atom. The first-order valence-electron chi connectivity index (χ1n) is 9.48. The van der Waals surface area contributed by atoms with Gasteiger partial charge in [-0.25, -0.2) is 5.43 Å². The van der Waals surface area contributed by atoms with Gasteiger partial charge in [0.2, 0.25) is 0 Å². The van der Waals surface area contributed by atoms with E-state index in [4.69, 9.17) is 14.2 Å². The van der Waals surface area contributed by atoms with Crippen LogP contribution in [0, 0.1) is 0 Å². The highest BCUT2D eigenvalue weighted by molar-refractivity contribution is 5.94. The molecular formula is C22H24N4O4. The second kappa shape index (κ2) is 10.1. The van der Waals surface area contributed by atoms with Gasteiger partial charge < -0.3 is 14.2 Å². The number of nitrogens with zero attached hydrogens (tertiary/aromatic N) is 2. The van der Waals surface area contributed by atoms with Gasteiger partial charge in [0.05, 0.1) is 32.7 Å². The molecule has 0 atom stereocenters. The lowest BCUT2D eigenvalue weighted by molar-refractivity contribution is 0.0950. The predicted octanol–water partition coefficient (Wildman–Crippen LogP) is 3.65. The number of carbonyl (C=O) groups is 1.